The van der Waals surface area contributed by atoms with Crippen molar-refractivity contribution in [1.29, 1.82) is 0 Å². The predicted molar refractivity (Wildman–Crippen MR) is 68.9 cm³/mol. The summed E-state index contributed by atoms with van der Waals surface area (Å²) in [6.45, 7) is 0. The predicted octanol–water partition coefficient (Wildman–Crippen LogP) is 2.40. The van der Waals surface area contributed by atoms with Crippen molar-refractivity contribution in [3.63, 3.8) is 0 Å². The second-order valence-corrected chi connectivity index (χ2v) is 5.45. The summed E-state index contributed by atoms with van der Waals surface area (Å²) in [6, 6.07) is 4.51. The topological polar surface area (TPSA) is 58.2 Å². The third-order valence-corrected chi connectivity index (χ3v) is 3.91. The van der Waals surface area contributed by atoms with Crippen LogP contribution in [0.25, 0.3) is 0 Å². The average molecular weight is 298 g/mol. The summed E-state index contributed by atoms with van der Waals surface area (Å²) in [5, 5.41) is 4.75. The molecule has 0 bridgehead atoms. The number of aryl methyl sites for hydroxylation is 1. The van der Waals surface area contributed by atoms with Crippen molar-refractivity contribution >= 4 is 17.5 Å². The van der Waals surface area contributed by atoms with Crippen LogP contribution < -0.4 is 10.6 Å². The monoisotopic (exact) mass is 298 g/mol. The fourth-order valence-corrected chi connectivity index (χ4v) is 2.42. The number of alkyl halides is 3. The number of hydrogen-bond donors (Lipinski definition) is 2. The van der Waals surface area contributed by atoms with Crippen molar-refractivity contribution in [2.75, 3.05) is 5.32 Å². The molecule has 0 saturated heterocycles. The van der Waals surface area contributed by atoms with E-state index in [-0.39, 0.29) is 24.3 Å². The summed E-state index contributed by atoms with van der Waals surface area (Å²) < 4.78 is 38.5. The standard InChI is InChI=1S/C14H13F3N2O2/c15-14(16,17)13(5-6-13)19-12(21)9-1-3-10-8(7-9)2-4-11(20)18-10/h1,3,7H,2,4-6H2,(H,18,20)(H,19,21). The van der Waals surface area contributed by atoms with Gasteiger partial charge in [-0.25, -0.2) is 0 Å². The van der Waals surface area contributed by atoms with Crippen LogP contribution in [0.1, 0.15) is 35.2 Å². The lowest BCUT2D eigenvalue weighted by Crippen LogP contribution is -2.47. The lowest BCUT2D eigenvalue weighted by molar-refractivity contribution is -0.163. The van der Waals surface area contributed by atoms with Crippen LogP contribution in [0, 0.1) is 0 Å². The normalized spacial score (nSPS) is 19.5. The van der Waals surface area contributed by atoms with Crippen LogP contribution in [-0.2, 0) is 11.2 Å². The van der Waals surface area contributed by atoms with E-state index >= 15 is 0 Å². The highest BCUT2D eigenvalue weighted by Crippen LogP contribution is 2.49. The summed E-state index contributed by atoms with van der Waals surface area (Å²) in [4.78, 5) is 23.2. The maximum atomic E-state index is 12.8. The summed E-state index contributed by atoms with van der Waals surface area (Å²) in [5.41, 5.74) is -0.506. The SMILES string of the molecule is O=C1CCc2cc(C(=O)NC3(C(F)(F)F)CC3)ccc2N1. The number of amides is 2. The molecule has 7 heteroatoms. The van der Waals surface area contributed by atoms with Crippen LogP contribution in [-0.4, -0.2) is 23.5 Å². The van der Waals surface area contributed by atoms with Gasteiger partial charge in [-0.2, -0.15) is 13.2 Å². The van der Waals surface area contributed by atoms with Crippen molar-refractivity contribution in [2.45, 2.75) is 37.4 Å². The van der Waals surface area contributed by atoms with Gasteiger partial charge in [-0.1, -0.05) is 0 Å². The first-order chi connectivity index (χ1) is 9.81. The van der Waals surface area contributed by atoms with Crippen LogP contribution in [0.15, 0.2) is 18.2 Å². The smallest absolute Gasteiger partial charge is 0.338 e. The van der Waals surface area contributed by atoms with Gasteiger partial charge in [0.15, 0.2) is 0 Å². The number of anilines is 1. The zero-order chi connectivity index (χ0) is 15.3. The Kier molecular flexibility index (Phi) is 2.96. The molecule has 21 heavy (non-hydrogen) atoms. The van der Waals surface area contributed by atoms with Gasteiger partial charge in [-0.05, 0) is 43.0 Å². The highest BCUT2D eigenvalue weighted by Gasteiger charge is 2.64. The molecule has 4 nitrogen and oxygen atoms in total. The van der Waals surface area contributed by atoms with E-state index in [1.165, 1.54) is 12.1 Å². The maximum Gasteiger partial charge on any atom is 0.411 e. The molecule has 1 aliphatic carbocycles. The van der Waals surface area contributed by atoms with Gasteiger partial charge < -0.3 is 10.6 Å². The van der Waals surface area contributed by atoms with Gasteiger partial charge in [-0.3, -0.25) is 9.59 Å². The Hall–Kier alpha value is -2.05. The zero-order valence-corrected chi connectivity index (χ0v) is 11.0. The minimum absolute atomic E-state index is 0.0801. The molecular formula is C14H13F3N2O2. The minimum atomic E-state index is -4.43. The Balaban J connectivity index is 1.79. The molecule has 0 atom stereocenters. The Bertz CT molecular complexity index is 621. The van der Waals surface area contributed by atoms with Crippen molar-refractivity contribution in [3.8, 4) is 0 Å². The fourth-order valence-electron chi connectivity index (χ4n) is 2.42. The second kappa shape index (κ2) is 4.47. The first kappa shape index (κ1) is 13.9. The van der Waals surface area contributed by atoms with E-state index in [2.05, 4.69) is 10.6 Å². The van der Waals surface area contributed by atoms with Crippen LogP contribution in [0.2, 0.25) is 0 Å². The van der Waals surface area contributed by atoms with Crippen LogP contribution in [0.4, 0.5) is 18.9 Å². The lowest BCUT2D eigenvalue weighted by atomic mass is 10.00. The van der Waals surface area contributed by atoms with E-state index in [1.807, 2.05) is 0 Å². The summed E-state index contributed by atoms with van der Waals surface area (Å²) in [7, 11) is 0. The van der Waals surface area contributed by atoms with E-state index in [0.717, 1.165) is 5.56 Å². The van der Waals surface area contributed by atoms with E-state index in [4.69, 9.17) is 0 Å². The molecule has 0 aromatic heterocycles. The summed E-state index contributed by atoms with van der Waals surface area (Å²) in [6.07, 6.45) is -3.80. The van der Waals surface area contributed by atoms with Gasteiger partial charge in [0.25, 0.3) is 5.91 Å². The van der Waals surface area contributed by atoms with Crippen molar-refractivity contribution in [1.82, 2.24) is 5.32 Å². The third-order valence-electron chi connectivity index (χ3n) is 3.91. The maximum absolute atomic E-state index is 12.8. The minimum Gasteiger partial charge on any atom is -0.338 e. The molecule has 0 radical (unpaired) electrons. The fraction of sp³-hybridized carbons (Fsp3) is 0.429. The molecule has 1 aromatic rings. The highest BCUT2D eigenvalue weighted by molar-refractivity contribution is 5.98. The van der Waals surface area contributed by atoms with Gasteiger partial charge in [0.05, 0.1) is 0 Å². The van der Waals surface area contributed by atoms with Gasteiger partial charge in [-0.15, -0.1) is 0 Å². The summed E-state index contributed by atoms with van der Waals surface area (Å²) >= 11 is 0. The number of halogens is 3. The van der Waals surface area contributed by atoms with E-state index in [0.29, 0.717) is 18.5 Å². The molecule has 2 N–H and O–H groups in total. The zero-order valence-electron chi connectivity index (χ0n) is 11.0. The molecule has 1 heterocycles. The van der Waals surface area contributed by atoms with Gasteiger partial charge >= 0.3 is 6.18 Å². The molecule has 0 spiro atoms. The summed E-state index contributed by atoms with van der Waals surface area (Å²) in [5.74, 6) is -0.835. The van der Waals surface area contributed by atoms with E-state index in [1.54, 1.807) is 6.07 Å². The first-order valence-corrected chi connectivity index (χ1v) is 6.63. The van der Waals surface area contributed by atoms with E-state index in [9.17, 15) is 22.8 Å². The number of benzene rings is 1. The number of hydrogen-bond acceptors (Lipinski definition) is 2. The van der Waals surface area contributed by atoms with Gasteiger partial charge in [0.2, 0.25) is 5.91 Å². The van der Waals surface area contributed by atoms with Crippen molar-refractivity contribution in [3.05, 3.63) is 29.3 Å². The van der Waals surface area contributed by atoms with Crippen LogP contribution in [0.5, 0.6) is 0 Å². The molecule has 1 saturated carbocycles. The number of fused-ring (bicyclic) bond motifs is 1. The molecule has 112 valence electrons. The Morgan fingerprint density at radius 1 is 1.24 bits per heavy atom. The molecule has 3 rings (SSSR count). The molecule has 0 unspecified atom stereocenters. The molecule has 1 aliphatic heterocycles. The van der Waals surface area contributed by atoms with Crippen LogP contribution in [0.3, 0.4) is 0 Å². The number of carbonyl (C=O) groups is 2. The van der Waals surface area contributed by atoms with Crippen molar-refractivity contribution < 1.29 is 22.8 Å². The average Bonchev–Trinajstić information content (AvgIpc) is 3.18. The number of rotatable bonds is 2. The Labute approximate surface area is 118 Å². The highest BCUT2D eigenvalue weighted by atomic mass is 19.4. The largest absolute Gasteiger partial charge is 0.411 e. The quantitative estimate of drug-likeness (QED) is 0.881. The van der Waals surface area contributed by atoms with Gasteiger partial charge in [0.1, 0.15) is 5.54 Å². The molecular weight excluding hydrogens is 285 g/mol. The van der Waals surface area contributed by atoms with E-state index < -0.39 is 17.6 Å². The second-order valence-electron chi connectivity index (χ2n) is 5.45. The van der Waals surface area contributed by atoms with Gasteiger partial charge in [0, 0.05) is 17.7 Å². The molecule has 2 aliphatic rings. The Morgan fingerprint density at radius 3 is 2.57 bits per heavy atom. The third kappa shape index (κ3) is 2.48. The van der Waals surface area contributed by atoms with Crippen LogP contribution >= 0.6 is 0 Å². The first-order valence-electron chi connectivity index (χ1n) is 6.63. The molecule has 1 aromatic carbocycles. The number of nitrogens with one attached hydrogen (secondary N) is 2. The molecule has 1 fully saturated rings. The number of carbonyl (C=O) groups excluding carboxylic acids is 2. The molecule has 2 amide bonds. The lowest BCUT2D eigenvalue weighted by Gasteiger charge is -2.22. The Morgan fingerprint density at radius 2 is 1.95 bits per heavy atom. The van der Waals surface area contributed by atoms with Crippen molar-refractivity contribution in [2.24, 2.45) is 0 Å².